The average molecular weight is 611 g/mol. The number of hydrogen-bond acceptors (Lipinski definition) is 5. The van der Waals surface area contributed by atoms with E-state index >= 15 is 0 Å². The van der Waals surface area contributed by atoms with E-state index < -0.39 is 5.41 Å². The molecule has 6 heteroatoms. The number of oxime groups is 1. The number of fused-ring (bicyclic) bond motifs is 8. The average Bonchev–Trinajstić information content (AvgIpc) is 3.75. The fourth-order valence-electron chi connectivity index (χ4n) is 7.90. The van der Waals surface area contributed by atoms with Crippen LogP contribution in [-0.4, -0.2) is 16.1 Å². The molecule has 0 radical (unpaired) electrons. The van der Waals surface area contributed by atoms with Gasteiger partial charge >= 0.3 is 0 Å². The van der Waals surface area contributed by atoms with Gasteiger partial charge in [0.1, 0.15) is 22.4 Å². The van der Waals surface area contributed by atoms with Crippen molar-refractivity contribution in [2.45, 2.75) is 26.9 Å². The highest BCUT2D eigenvalue weighted by Gasteiger charge is 2.57. The molecule has 0 bridgehead atoms. The molecule has 0 saturated heterocycles. The number of benzene rings is 5. The molecule has 10 rings (SSSR count). The number of furan rings is 1. The van der Waals surface area contributed by atoms with Crippen molar-refractivity contribution in [3.05, 3.63) is 133 Å². The van der Waals surface area contributed by atoms with Crippen LogP contribution in [0.25, 0.3) is 60.6 Å². The molecule has 47 heavy (non-hydrogen) atoms. The topological polar surface area (TPSA) is 55.3 Å². The lowest BCUT2D eigenvalue weighted by Gasteiger charge is -2.44. The zero-order valence-corrected chi connectivity index (χ0v) is 26.2. The maximum Gasteiger partial charge on any atom is 0.172 e. The second kappa shape index (κ2) is 9.33. The Bertz CT molecular complexity index is 2560. The lowest BCUT2D eigenvalue weighted by Crippen LogP contribution is -2.51. The SMILES string of the molecule is C/C=C\N1C2=NC(C)=CC3=NOC(c4cc(-c5ccc6oc7ccc(-n8c9ccccc9c9ccccc98)cc7c6c5)ccc41)C32C. The number of hydrogen-bond donors (Lipinski definition) is 0. The van der Waals surface area contributed by atoms with Gasteiger partial charge in [-0.2, -0.15) is 0 Å². The Kier molecular flexibility index (Phi) is 5.23. The van der Waals surface area contributed by atoms with Crippen molar-refractivity contribution < 1.29 is 9.25 Å². The molecular formula is C41H30N4O2. The van der Waals surface area contributed by atoms with Gasteiger partial charge in [-0.15, -0.1) is 0 Å². The molecule has 6 nitrogen and oxygen atoms in total. The first-order valence-electron chi connectivity index (χ1n) is 16.1. The van der Waals surface area contributed by atoms with Crippen molar-refractivity contribution in [3.63, 3.8) is 0 Å². The summed E-state index contributed by atoms with van der Waals surface area (Å²) in [4.78, 5) is 13.4. The van der Waals surface area contributed by atoms with Crippen LogP contribution < -0.4 is 4.90 Å². The first kappa shape index (κ1) is 26.3. The Morgan fingerprint density at radius 3 is 2.21 bits per heavy atom. The molecule has 2 aromatic heterocycles. The van der Waals surface area contributed by atoms with E-state index in [-0.39, 0.29) is 6.10 Å². The molecule has 3 aliphatic rings. The highest BCUT2D eigenvalue weighted by Crippen LogP contribution is 2.54. The molecule has 0 fully saturated rings. The Balaban J connectivity index is 1.13. The van der Waals surface area contributed by atoms with Crippen LogP contribution in [0.15, 0.2) is 142 Å². The minimum Gasteiger partial charge on any atom is -0.456 e. The Hall–Kier alpha value is -5.88. The van der Waals surface area contributed by atoms with E-state index in [0.717, 1.165) is 67.2 Å². The van der Waals surface area contributed by atoms with Crippen molar-refractivity contribution >= 4 is 61.0 Å². The Morgan fingerprint density at radius 2 is 1.45 bits per heavy atom. The molecule has 226 valence electrons. The van der Waals surface area contributed by atoms with E-state index in [1.165, 1.54) is 21.8 Å². The summed E-state index contributed by atoms with van der Waals surface area (Å²) in [6.07, 6.45) is 5.92. The third-order valence-corrected chi connectivity index (χ3v) is 10.1. The fraction of sp³-hybridized carbons (Fsp3) is 0.122. The Morgan fingerprint density at radius 1 is 0.766 bits per heavy atom. The minimum atomic E-state index is -0.474. The van der Waals surface area contributed by atoms with Gasteiger partial charge in [0.25, 0.3) is 0 Å². The summed E-state index contributed by atoms with van der Waals surface area (Å²) in [5.74, 6) is 0.947. The van der Waals surface area contributed by atoms with Crippen LogP contribution in [0.2, 0.25) is 0 Å². The van der Waals surface area contributed by atoms with Crippen molar-refractivity contribution in [3.8, 4) is 16.8 Å². The van der Waals surface area contributed by atoms with Gasteiger partial charge in [-0.25, -0.2) is 4.99 Å². The van der Waals surface area contributed by atoms with Gasteiger partial charge in [0, 0.05) is 44.7 Å². The van der Waals surface area contributed by atoms with Crippen molar-refractivity contribution in [2.75, 3.05) is 4.90 Å². The number of para-hydroxylation sites is 2. The van der Waals surface area contributed by atoms with Gasteiger partial charge in [0.15, 0.2) is 6.10 Å². The predicted molar refractivity (Wildman–Crippen MR) is 191 cm³/mol. The summed E-state index contributed by atoms with van der Waals surface area (Å²) in [7, 11) is 0. The molecule has 0 amide bonds. The van der Waals surface area contributed by atoms with E-state index in [9.17, 15) is 0 Å². The Labute approximate surface area is 271 Å². The third kappa shape index (κ3) is 3.50. The maximum absolute atomic E-state index is 6.37. The van der Waals surface area contributed by atoms with Gasteiger partial charge in [0.2, 0.25) is 0 Å². The van der Waals surface area contributed by atoms with Gasteiger partial charge in [-0.05, 0) is 92.6 Å². The second-order valence-electron chi connectivity index (χ2n) is 12.9. The first-order chi connectivity index (χ1) is 23.0. The summed E-state index contributed by atoms with van der Waals surface area (Å²) in [6, 6.07) is 36.8. The molecule has 7 aromatic rings. The summed E-state index contributed by atoms with van der Waals surface area (Å²) in [6.45, 7) is 6.23. The second-order valence-corrected chi connectivity index (χ2v) is 12.9. The summed E-state index contributed by atoms with van der Waals surface area (Å²) in [5.41, 5.74) is 11.0. The van der Waals surface area contributed by atoms with Crippen molar-refractivity contribution in [2.24, 2.45) is 15.6 Å². The minimum absolute atomic E-state index is 0.260. The van der Waals surface area contributed by atoms with Crippen LogP contribution in [0.4, 0.5) is 5.69 Å². The monoisotopic (exact) mass is 610 g/mol. The molecular weight excluding hydrogens is 580 g/mol. The summed E-state index contributed by atoms with van der Waals surface area (Å²) < 4.78 is 8.72. The zero-order valence-electron chi connectivity index (χ0n) is 26.2. The number of rotatable bonds is 3. The standard InChI is InChI=1S/C41H30N4O2/c1-4-19-44-33-16-13-25(22-32(33)39-41(3)38(43-47-39)20-24(2)42-40(41)44)26-14-17-36-30(21-26)31-23-27(15-18-37(31)46-36)45-34-11-7-5-9-28(34)29-10-6-8-12-35(29)45/h4-23,39H,1-3H3/b19-4-. The van der Waals surface area contributed by atoms with Crippen LogP contribution in [0.1, 0.15) is 32.4 Å². The van der Waals surface area contributed by atoms with Gasteiger partial charge in [0.05, 0.1) is 22.4 Å². The van der Waals surface area contributed by atoms with Gasteiger partial charge in [-0.1, -0.05) is 59.8 Å². The number of amidine groups is 1. The quantitative estimate of drug-likeness (QED) is 0.200. The molecule has 0 aliphatic carbocycles. The van der Waals surface area contributed by atoms with Gasteiger partial charge < -0.3 is 18.7 Å². The molecule has 2 atom stereocenters. The van der Waals surface area contributed by atoms with Crippen LogP contribution in [0.3, 0.4) is 0 Å². The number of aromatic nitrogens is 1. The van der Waals surface area contributed by atoms with Crippen LogP contribution in [0, 0.1) is 5.41 Å². The first-order valence-corrected chi connectivity index (χ1v) is 16.1. The van der Waals surface area contributed by atoms with Crippen LogP contribution in [0.5, 0.6) is 0 Å². The molecule has 5 heterocycles. The normalized spacial score (nSPS) is 20.1. The summed E-state index contributed by atoms with van der Waals surface area (Å²) in [5, 5.41) is 9.22. The van der Waals surface area contributed by atoms with E-state index in [2.05, 4.69) is 137 Å². The lowest BCUT2D eigenvalue weighted by molar-refractivity contribution is 0.0486. The number of allylic oxidation sites excluding steroid dienone is 3. The zero-order chi connectivity index (χ0) is 31.4. The van der Waals surface area contributed by atoms with E-state index in [1.54, 1.807) is 0 Å². The number of anilines is 1. The molecule has 2 unspecified atom stereocenters. The number of aliphatic imine (C=N–C) groups is 1. The van der Waals surface area contributed by atoms with E-state index in [1.807, 2.05) is 19.9 Å². The van der Waals surface area contributed by atoms with E-state index in [4.69, 9.17) is 14.2 Å². The lowest BCUT2D eigenvalue weighted by atomic mass is 9.71. The smallest absolute Gasteiger partial charge is 0.172 e. The van der Waals surface area contributed by atoms with Crippen molar-refractivity contribution in [1.82, 2.24) is 4.57 Å². The van der Waals surface area contributed by atoms with Crippen molar-refractivity contribution in [1.29, 1.82) is 0 Å². The molecule has 0 saturated carbocycles. The maximum atomic E-state index is 6.37. The fourth-order valence-corrected chi connectivity index (χ4v) is 7.90. The molecule has 0 spiro atoms. The van der Waals surface area contributed by atoms with Crippen LogP contribution >= 0.6 is 0 Å². The molecule has 3 aliphatic heterocycles. The van der Waals surface area contributed by atoms with E-state index in [0.29, 0.717) is 0 Å². The highest BCUT2D eigenvalue weighted by molar-refractivity contribution is 6.25. The number of nitrogens with zero attached hydrogens (tertiary/aromatic N) is 4. The molecule has 5 aromatic carbocycles. The predicted octanol–water partition coefficient (Wildman–Crippen LogP) is 10.5. The third-order valence-electron chi connectivity index (χ3n) is 10.1. The summed E-state index contributed by atoms with van der Waals surface area (Å²) >= 11 is 0. The highest BCUT2D eigenvalue weighted by atomic mass is 16.6. The molecule has 0 N–H and O–H groups in total. The van der Waals surface area contributed by atoms with Gasteiger partial charge in [-0.3, -0.25) is 0 Å². The largest absolute Gasteiger partial charge is 0.456 e. The van der Waals surface area contributed by atoms with Crippen LogP contribution in [-0.2, 0) is 4.84 Å².